The lowest BCUT2D eigenvalue weighted by atomic mass is 10.8. The van der Waals surface area contributed by atoms with Gasteiger partial charge >= 0.3 is 0 Å². The van der Waals surface area contributed by atoms with Crippen LogP contribution in [0.3, 0.4) is 0 Å². The first kappa shape index (κ1) is 6.16. The first-order chi connectivity index (χ1) is 4.20. The zero-order valence-corrected chi connectivity index (χ0v) is 5.14. The molecular formula is C5H4ClNO2. The number of H-pyrrole nitrogens is 1. The smallest absolute Gasteiger partial charge is 0.251 e. The van der Waals surface area contributed by atoms with Gasteiger partial charge in [-0.1, -0.05) is 11.6 Å². The zero-order valence-electron chi connectivity index (χ0n) is 4.39. The van der Waals surface area contributed by atoms with Crippen LogP contribution in [0.4, 0.5) is 0 Å². The normalized spacial score (nSPS) is 9.44. The summed E-state index contributed by atoms with van der Waals surface area (Å²) in [7, 11) is 0. The van der Waals surface area contributed by atoms with E-state index in [1.54, 1.807) is 0 Å². The molecule has 3 nitrogen and oxygen atoms in total. The monoisotopic (exact) mass is 149 g/mol. The minimum Gasteiger partial charge on any atom is -0.506 e. The van der Waals surface area contributed by atoms with Crippen LogP contribution in [0.15, 0.2) is 17.1 Å². The minimum atomic E-state index is -0.364. The highest BCUT2D eigenvalue weighted by Crippen LogP contribution is 2.17. The second kappa shape index (κ2) is 2.11. The standard InChI is InChI=1S/C5H4ClNO2/c6-3-2-7-5(9)1-4(3)8/h1-2H,(H2,7,8,9)/i1+1,4+1,5+1,7+1. The van der Waals surface area contributed by atoms with Crippen molar-refractivity contribution in [3.63, 3.8) is 0 Å². The van der Waals surface area contributed by atoms with Gasteiger partial charge in [-0.05, 0) is 0 Å². The average Bonchev–Trinajstić information content (AvgIpc) is 1.80. The van der Waals surface area contributed by atoms with Gasteiger partial charge in [-0.15, -0.1) is 0 Å². The number of nitrogens with one attached hydrogen (secondary N) is 1. The molecule has 2 N–H and O–H groups in total. The topological polar surface area (TPSA) is 53.1 Å². The first-order valence-electron chi connectivity index (χ1n) is 2.27. The highest BCUT2D eigenvalue weighted by atomic mass is 35.5. The molecule has 1 rings (SSSR count). The lowest BCUT2D eigenvalue weighted by Crippen LogP contribution is -2.00. The molecule has 0 fully saturated rings. The summed E-state index contributed by atoms with van der Waals surface area (Å²) >= 11 is 5.36. The van der Waals surface area contributed by atoms with Crippen molar-refractivity contribution in [2.45, 2.75) is 0 Å². The molecule has 0 aromatic carbocycles. The van der Waals surface area contributed by atoms with Crippen LogP contribution in [0, 0.1) is 0 Å². The molecule has 0 saturated carbocycles. The summed E-state index contributed by atoms with van der Waals surface area (Å²) in [5.41, 5.74) is -0.364. The van der Waals surface area contributed by atoms with Gasteiger partial charge in [0.2, 0.25) is 0 Å². The maximum absolute atomic E-state index is 10.4. The van der Waals surface area contributed by atoms with Gasteiger partial charge in [0.1, 0.15) is 5.75 Å². The van der Waals surface area contributed by atoms with Crippen LogP contribution >= 0.6 is 11.6 Å². The zero-order chi connectivity index (χ0) is 6.85. The molecule has 0 spiro atoms. The van der Waals surface area contributed by atoms with Crippen LogP contribution in [-0.2, 0) is 0 Å². The van der Waals surface area contributed by atoms with E-state index in [0.717, 1.165) is 6.07 Å². The molecule has 0 aliphatic rings. The molecule has 0 radical (unpaired) electrons. The Balaban J connectivity index is 3.34. The molecule has 0 unspecified atom stereocenters. The van der Waals surface area contributed by atoms with Crippen molar-refractivity contribution in [3.05, 3.63) is 27.6 Å². The van der Waals surface area contributed by atoms with Gasteiger partial charge in [-0.2, -0.15) is 0 Å². The summed E-state index contributed by atoms with van der Waals surface area (Å²) in [5, 5.41) is 8.90. The average molecular weight is 150 g/mol. The van der Waals surface area contributed by atoms with E-state index in [4.69, 9.17) is 16.7 Å². The number of hydrogen-bond donors (Lipinski definition) is 2. The third-order valence-corrected chi connectivity index (χ3v) is 1.16. The Kier molecular flexibility index (Phi) is 1.44. The molecule has 0 saturated heterocycles. The van der Waals surface area contributed by atoms with Crippen molar-refractivity contribution in [2.24, 2.45) is 0 Å². The van der Waals surface area contributed by atoms with E-state index in [1.165, 1.54) is 6.20 Å². The van der Waals surface area contributed by atoms with Crippen molar-refractivity contribution in [2.75, 3.05) is 0 Å². The van der Waals surface area contributed by atoms with Crippen molar-refractivity contribution < 1.29 is 5.11 Å². The molecule has 1 heterocycles. The molecule has 48 valence electrons. The van der Waals surface area contributed by atoms with E-state index in [1.807, 2.05) is 0 Å². The molecule has 9 heavy (non-hydrogen) atoms. The summed E-state index contributed by atoms with van der Waals surface area (Å²) in [6.07, 6.45) is 1.24. The number of halogens is 1. The molecule has 0 atom stereocenters. The van der Waals surface area contributed by atoms with E-state index in [2.05, 4.69) is 4.98 Å². The van der Waals surface area contributed by atoms with E-state index < -0.39 is 0 Å². The molecule has 4 heteroatoms. The molecule has 0 amide bonds. The Morgan fingerprint density at radius 2 is 2.33 bits per heavy atom. The predicted octanol–water partition coefficient (Wildman–Crippen LogP) is 0.734. The highest BCUT2D eigenvalue weighted by Gasteiger charge is 1.94. The van der Waals surface area contributed by atoms with Gasteiger partial charge in [-0.25, -0.2) is 0 Å². The Morgan fingerprint density at radius 3 is 2.78 bits per heavy atom. The summed E-state index contributed by atoms with van der Waals surface area (Å²) in [6, 6.07) is 1.02. The highest BCUT2D eigenvalue weighted by molar-refractivity contribution is 6.31. The van der Waals surface area contributed by atoms with Crippen molar-refractivity contribution in [3.8, 4) is 5.75 Å². The lowest BCUT2D eigenvalue weighted by molar-refractivity contribution is 0.474. The van der Waals surface area contributed by atoms with Crippen LogP contribution in [0.25, 0.3) is 0 Å². The van der Waals surface area contributed by atoms with Gasteiger partial charge in [-0.3, -0.25) is 4.79 Å². The van der Waals surface area contributed by atoms with Gasteiger partial charge in [0, 0.05) is 12.3 Å². The fraction of sp³-hybridized carbons (Fsp3) is 0. The predicted molar refractivity (Wildman–Crippen MR) is 33.7 cm³/mol. The number of hydrogen-bond acceptors (Lipinski definition) is 2. The quantitative estimate of drug-likeness (QED) is 0.572. The van der Waals surface area contributed by atoms with Crippen LogP contribution in [0.5, 0.6) is 5.75 Å². The Morgan fingerprint density at radius 1 is 1.67 bits per heavy atom. The van der Waals surface area contributed by atoms with Crippen LogP contribution < -0.4 is 5.56 Å². The number of rotatable bonds is 0. The fourth-order valence-electron chi connectivity index (χ4n) is 0.443. The van der Waals surface area contributed by atoms with Crippen LogP contribution in [-0.4, -0.2) is 10.1 Å². The molecule has 0 bridgehead atoms. The van der Waals surface area contributed by atoms with Gasteiger partial charge in [0.05, 0.1) is 5.02 Å². The van der Waals surface area contributed by atoms with E-state index in [0.29, 0.717) is 0 Å². The summed E-state index contributed by atoms with van der Waals surface area (Å²) in [5.74, 6) is -0.194. The number of pyridine rings is 1. The minimum absolute atomic E-state index is 0.148. The largest absolute Gasteiger partial charge is 0.506 e. The van der Waals surface area contributed by atoms with E-state index in [-0.39, 0.29) is 16.3 Å². The van der Waals surface area contributed by atoms with Gasteiger partial charge in [0.15, 0.2) is 0 Å². The molecule has 1 aromatic heterocycles. The van der Waals surface area contributed by atoms with Gasteiger partial charge in [0.25, 0.3) is 5.56 Å². The second-order valence-corrected chi connectivity index (χ2v) is 1.94. The van der Waals surface area contributed by atoms with E-state index >= 15 is 0 Å². The van der Waals surface area contributed by atoms with Crippen LogP contribution in [0.1, 0.15) is 0 Å². The SMILES string of the molecule is O=[13c]1[13cH][13c](O)c(Cl)c[15nH]1. The van der Waals surface area contributed by atoms with E-state index in [9.17, 15) is 4.79 Å². The maximum Gasteiger partial charge on any atom is 0.251 e. The summed E-state index contributed by atoms with van der Waals surface area (Å²) < 4.78 is 0. The van der Waals surface area contributed by atoms with Crippen molar-refractivity contribution >= 4 is 11.6 Å². The first-order valence-corrected chi connectivity index (χ1v) is 2.65. The fourth-order valence-corrected chi connectivity index (χ4v) is 0.552. The molecule has 1 aromatic rings. The van der Waals surface area contributed by atoms with Crippen molar-refractivity contribution in [1.82, 2.24) is 4.98 Å². The van der Waals surface area contributed by atoms with Crippen LogP contribution in [0.2, 0.25) is 5.02 Å². The summed E-state index contributed by atoms with van der Waals surface area (Å²) in [6.45, 7) is 0. The number of aromatic nitrogens is 1. The Labute approximate surface area is 55.9 Å². The third kappa shape index (κ3) is 1.23. The number of aromatic hydroxyl groups is 1. The second-order valence-electron chi connectivity index (χ2n) is 1.53. The van der Waals surface area contributed by atoms with Crippen molar-refractivity contribution in [1.29, 1.82) is 0 Å². The molecule has 0 aliphatic heterocycles. The summed E-state index contributed by atoms with van der Waals surface area (Å²) in [4.78, 5) is 12.7. The molecule has 0 aliphatic carbocycles. The molecular weight excluding hydrogens is 145 g/mol. The van der Waals surface area contributed by atoms with Gasteiger partial charge < -0.3 is 10.1 Å². The maximum atomic E-state index is 10.4. The lowest BCUT2D eigenvalue weighted by Gasteiger charge is -1.90. The number of aromatic amines is 1. The third-order valence-electron chi connectivity index (χ3n) is 0.854. The Bertz CT molecular complexity index is 268. The Hall–Kier alpha value is -0.960.